The van der Waals surface area contributed by atoms with Gasteiger partial charge in [0, 0.05) is 36.1 Å². The normalized spacial score (nSPS) is 15.9. The van der Waals surface area contributed by atoms with Crippen molar-refractivity contribution < 1.29 is 19.4 Å². The van der Waals surface area contributed by atoms with Crippen LogP contribution in [0.2, 0.25) is 0 Å². The van der Waals surface area contributed by atoms with Crippen molar-refractivity contribution in [2.24, 2.45) is 0 Å². The third kappa shape index (κ3) is 4.51. The maximum atomic E-state index is 13.5. The summed E-state index contributed by atoms with van der Waals surface area (Å²) in [7, 11) is 1.61. The summed E-state index contributed by atoms with van der Waals surface area (Å²) in [5.41, 5.74) is 4.29. The molecule has 2 heterocycles. The highest BCUT2D eigenvalue weighted by molar-refractivity contribution is 6.12. The predicted molar refractivity (Wildman–Crippen MR) is 121 cm³/mol. The van der Waals surface area contributed by atoms with E-state index in [4.69, 9.17) is 9.47 Å². The van der Waals surface area contributed by atoms with Gasteiger partial charge < -0.3 is 19.1 Å². The second-order valence-corrected chi connectivity index (χ2v) is 8.23. The number of β-amino-alcohol motifs (C(OH)–C–C–N with tert-alkyl or cyclic N) is 1. The first-order chi connectivity index (χ1) is 15.0. The maximum absolute atomic E-state index is 13.5. The van der Waals surface area contributed by atoms with E-state index in [0.717, 1.165) is 35.1 Å². The van der Waals surface area contributed by atoms with E-state index in [1.165, 1.54) is 0 Å². The number of benzene rings is 2. The van der Waals surface area contributed by atoms with Gasteiger partial charge in [0.2, 0.25) is 5.78 Å². The second-order valence-electron chi connectivity index (χ2n) is 8.23. The summed E-state index contributed by atoms with van der Waals surface area (Å²) in [6.07, 6.45) is -0.586. The van der Waals surface area contributed by atoms with E-state index in [0.29, 0.717) is 43.3 Å². The zero-order valence-corrected chi connectivity index (χ0v) is 18.4. The van der Waals surface area contributed by atoms with Gasteiger partial charge in [-0.2, -0.15) is 0 Å². The number of carbonyl (C=O) groups is 1. The summed E-state index contributed by atoms with van der Waals surface area (Å²) in [4.78, 5) is 15.8. The smallest absolute Gasteiger partial charge is 0.209 e. The molecule has 1 atom stereocenters. The van der Waals surface area contributed by atoms with Crippen LogP contribution in [-0.4, -0.2) is 66.4 Å². The minimum Gasteiger partial charge on any atom is -0.497 e. The number of aliphatic hydroxyl groups excluding tert-OH is 1. The van der Waals surface area contributed by atoms with Crippen LogP contribution in [0.3, 0.4) is 0 Å². The monoisotopic (exact) mass is 422 g/mol. The van der Waals surface area contributed by atoms with Crippen LogP contribution in [0.1, 0.15) is 27.2 Å². The van der Waals surface area contributed by atoms with Crippen molar-refractivity contribution in [3.8, 4) is 5.75 Å². The van der Waals surface area contributed by atoms with E-state index in [-0.39, 0.29) is 5.78 Å². The molecule has 2 aromatic carbocycles. The van der Waals surface area contributed by atoms with Gasteiger partial charge in [-0.3, -0.25) is 9.69 Å². The molecule has 3 aromatic rings. The first kappa shape index (κ1) is 21.6. The molecule has 4 rings (SSSR count). The summed E-state index contributed by atoms with van der Waals surface area (Å²) in [6.45, 7) is 7.99. The van der Waals surface area contributed by atoms with Gasteiger partial charge in [0.15, 0.2) is 0 Å². The molecule has 0 amide bonds. The zero-order chi connectivity index (χ0) is 22.0. The highest BCUT2D eigenvalue weighted by Gasteiger charge is 2.24. The number of methoxy groups -OCH3 is 1. The van der Waals surface area contributed by atoms with Crippen molar-refractivity contribution in [3.05, 3.63) is 64.8 Å². The van der Waals surface area contributed by atoms with E-state index in [1.807, 2.05) is 23.6 Å². The quantitative estimate of drug-likeness (QED) is 0.593. The van der Waals surface area contributed by atoms with Crippen LogP contribution in [0.15, 0.2) is 42.5 Å². The van der Waals surface area contributed by atoms with Crippen LogP contribution in [-0.2, 0) is 11.3 Å². The lowest BCUT2D eigenvalue weighted by Gasteiger charge is -2.29. The van der Waals surface area contributed by atoms with Crippen molar-refractivity contribution in [3.63, 3.8) is 0 Å². The number of fused-ring (bicyclic) bond motifs is 1. The fraction of sp³-hybridized carbons (Fsp3) is 0.400. The van der Waals surface area contributed by atoms with E-state index < -0.39 is 6.10 Å². The molecule has 0 bridgehead atoms. The number of ketones is 1. The lowest BCUT2D eigenvalue weighted by Crippen LogP contribution is -2.42. The van der Waals surface area contributed by atoms with Gasteiger partial charge in [-0.15, -0.1) is 0 Å². The SMILES string of the molecule is COc1ccc(C(=O)c2c(C)c3cc(C)ccc3n2C[C@@H](O)CN2CCOCC2)cc1. The first-order valence-corrected chi connectivity index (χ1v) is 10.7. The van der Waals surface area contributed by atoms with Crippen LogP contribution in [0, 0.1) is 13.8 Å². The van der Waals surface area contributed by atoms with Gasteiger partial charge in [-0.1, -0.05) is 11.6 Å². The molecule has 1 aliphatic heterocycles. The Morgan fingerprint density at radius 1 is 1.10 bits per heavy atom. The Morgan fingerprint density at radius 3 is 2.48 bits per heavy atom. The van der Waals surface area contributed by atoms with Gasteiger partial charge in [0.1, 0.15) is 5.75 Å². The van der Waals surface area contributed by atoms with E-state index in [2.05, 4.69) is 17.9 Å². The highest BCUT2D eigenvalue weighted by Crippen LogP contribution is 2.29. The molecule has 1 aromatic heterocycles. The predicted octanol–water partition coefficient (Wildman–Crippen LogP) is 3.19. The van der Waals surface area contributed by atoms with Crippen LogP contribution in [0.25, 0.3) is 10.9 Å². The van der Waals surface area contributed by atoms with Crippen molar-refractivity contribution in [1.82, 2.24) is 9.47 Å². The van der Waals surface area contributed by atoms with Crippen molar-refractivity contribution in [1.29, 1.82) is 0 Å². The van der Waals surface area contributed by atoms with Crippen molar-refractivity contribution in [2.45, 2.75) is 26.5 Å². The summed E-state index contributed by atoms with van der Waals surface area (Å²) >= 11 is 0. The number of aromatic nitrogens is 1. The van der Waals surface area contributed by atoms with Gasteiger partial charge in [0.05, 0.1) is 38.7 Å². The fourth-order valence-corrected chi connectivity index (χ4v) is 4.35. The molecule has 0 unspecified atom stereocenters. The first-order valence-electron chi connectivity index (χ1n) is 10.7. The lowest BCUT2D eigenvalue weighted by atomic mass is 10.0. The molecule has 1 aliphatic rings. The molecule has 0 saturated carbocycles. The Labute approximate surface area is 183 Å². The minimum absolute atomic E-state index is 0.0485. The molecule has 1 saturated heterocycles. The number of hydrogen-bond donors (Lipinski definition) is 1. The van der Waals surface area contributed by atoms with E-state index >= 15 is 0 Å². The summed E-state index contributed by atoms with van der Waals surface area (Å²) in [6, 6.07) is 13.4. The van der Waals surface area contributed by atoms with Gasteiger partial charge in [0.25, 0.3) is 0 Å². The molecule has 31 heavy (non-hydrogen) atoms. The number of morpholine rings is 1. The number of nitrogens with zero attached hydrogens (tertiary/aromatic N) is 2. The molecule has 1 fully saturated rings. The summed E-state index contributed by atoms with van der Waals surface area (Å²) in [5.74, 6) is 0.665. The number of aliphatic hydroxyl groups is 1. The number of aryl methyl sites for hydroxylation is 2. The van der Waals surface area contributed by atoms with Gasteiger partial charge in [-0.25, -0.2) is 0 Å². The Bertz CT molecular complexity index is 1070. The largest absolute Gasteiger partial charge is 0.497 e. The van der Waals surface area contributed by atoms with E-state index in [9.17, 15) is 9.90 Å². The molecule has 6 nitrogen and oxygen atoms in total. The van der Waals surface area contributed by atoms with Crippen molar-refractivity contribution in [2.75, 3.05) is 40.0 Å². The van der Waals surface area contributed by atoms with Crippen LogP contribution in [0.4, 0.5) is 0 Å². The molecular weight excluding hydrogens is 392 g/mol. The van der Waals surface area contributed by atoms with Gasteiger partial charge >= 0.3 is 0 Å². The molecule has 1 N–H and O–H groups in total. The number of ether oxygens (including phenoxy) is 2. The topological polar surface area (TPSA) is 63.9 Å². The molecule has 6 heteroatoms. The molecule has 164 valence electrons. The van der Waals surface area contributed by atoms with Crippen LogP contribution < -0.4 is 4.74 Å². The van der Waals surface area contributed by atoms with Gasteiger partial charge in [-0.05, 0) is 55.8 Å². The number of rotatable bonds is 7. The van der Waals surface area contributed by atoms with Crippen LogP contribution in [0.5, 0.6) is 5.75 Å². The average molecular weight is 423 g/mol. The third-order valence-electron chi connectivity index (χ3n) is 6.01. The lowest BCUT2D eigenvalue weighted by molar-refractivity contribution is 0.0117. The van der Waals surface area contributed by atoms with E-state index in [1.54, 1.807) is 31.4 Å². The maximum Gasteiger partial charge on any atom is 0.209 e. The Balaban J connectivity index is 1.70. The average Bonchev–Trinajstić information content (AvgIpc) is 3.04. The summed E-state index contributed by atoms with van der Waals surface area (Å²) in [5, 5.41) is 11.9. The fourth-order valence-electron chi connectivity index (χ4n) is 4.35. The summed E-state index contributed by atoms with van der Waals surface area (Å²) < 4.78 is 12.6. The third-order valence-corrected chi connectivity index (χ3v) is 6.01. The standard InChI is InChI=1S/C25H30N2O4/c1-17-4-9-23-22(14-17)18(2)24(25(29)19-5-7-21(30-3)8-6-19)27(23)16-20(28)15-26-10-12-31-13-11-26/h4-9,14,20,28H,10-13,15-16H2,1-3H3/t20-/m0/s1. The molecular formula is C25H30N2O4. The van der Waals surface area contributed by atoms with Crippen LogP contribution >= 0.6 is 0 Å². The Kier molecular flexibility index (Phi) is 6.41. The second kappa shape index (κ2) is 9.22. The molecule has 0 spiro atoms. The number of carbonyl (C=O) groups excluding carboxylic acids is 1. The number of hydrogen-bond acceptors (Lipinski definition) is 5. The zero-order valence-electron chi connectivity index (χ0n) is 18.4. The Morgan fingerprint density at radius 2 is 1.81 bits per heavy atom. The minimum atomic E-state index is -0.586. The molecule has 0 aliphatic carbocycles. The molecule has 0 radical (unpaired) electrons. The Hall–Kier alpha value is -2.67. The highest BCUT2D eigenvalue weighted by atomic mass is 16.5. The van der Waals surface area contributed by atoms with Crippen molar-refractivity contribution >= 4 is 16.7 Å².